The average molecular weight is 375 g/mol. The van der Waals surface area contributed by atoms with Crippen molar-refractivity contribution in [1.82, 2.24) is 4.31 Å². The predicted molar refractivity (Wildman–Crippen MR) is 86.3 cm³/mol. The molecule has 0 heterocycles. The van der Waals surface area contributed by atoms with E-state index in [0.29, 0.717) is 0 Å². The van der Waals surface area contributed by atoms with Crippen molar-refractivity contribution in [3.05, 3.63) is 59.1 Å². The van der Waals surface area contributed by atoms with Gasteiger partial charge in [0.05, 0.1) is 16.5 Å². The molecule has 0 fully saturated rings. The molecule has 1 amide bonds. The zero-order chi connectivity index (χ0) is 17.9. The Morgan fingerprint density at radius 1 is 1.17 bits per heavy atom. The number of hydrogen-bond donors (Lipinski definition) is 1. The standard InChI is InChI=1S/C15H13ClF2N2O3S/c1-20(24(22,23)12-5-2-10(17)3-6-12)9-15(21)19-11-4-7-14(18)13(16)8-11/h2-8H,9H2,1H3,(H,19,21). The lowest BCUT2D eigenvalue weighted by molar-refractivity contribution is -0.116. The van der Waals surface area contributed by atoms with Crippen LogP contribution in [0.5, 0.6) is 0 Å². The van der Waals surface area contributed by atoms with Gasteiger partial charge in [-0.15, -0.1) is 0 Å². The molecule has 0 saturated carbocycles. The van der Waals surface area contributed by atoms with Crippen molar-refractivity contribution >= 4 is 33.2 Å². The second-order valence-corrected chi connectivity index (χ2v) is 7.34. The van der Waals surface area contributed by atoms with Crippen molar-refractivity contribution in [3.63, 3.8) is 0 Å². The molecule has 0 aromatic heterocycles. The zero-order valence-electron chi connectivity index (χ0n) is 12.5. The van der Waals surface area contributed by atoms with Crippen LogP contribution < -0.4 is 5.32 Å². The van der Waals surface area contributed by atoms with E-state index in [0.717, 1.165) is 34.6 Å². The molecule has 5 nitrogen and oxygen atoms in total. The molecule has 0 aliphatic rings. The highest BCUT2D eigenvalue weighted by Gasteiger charge is 2.23. The van der Waals surface area contributed by atoms with Crippen molar-refractivity contribution < 1.29 is 22.0 Å². The minimum Gasteiger partial charge on any atom is -0.325 e. The topological polar surface area (TPSA) is 66.5 Å². The molecule has 24 heavy (non-hydrogen) atoms. The van der Waals surface area contributed by atoms with Gasteiger partial charge in [0.1, 0.15) is 11.6 Å². The molecule has 1 N–H and O–H groups in total. The second-order valence-electron chi connectivity index (χ2n) is 4.89. The lowest BCUT2D eigenvalue weighted by atomic mass is 10.3. The van der Waals surface area contributed by atoms with E-state index in [4.69, 9.17) is 11.6 Å². The van der Waals surface area contributed by atoms with Crippen molar-refractivity contribution in [3.8, 4) is 0 Å². The summed E-state index contributed by atoms with van der Waals surface area (Å²) in [6.45, 7) is -0.477. The minimum absolute atomic E-state index is 0.135. The summed E-state index contributed by atoms with van der Waals surface area (Å²) in [5.74, 6) is -1.83. The van der Waals surface area contributed by atoms with E-state index >= 15 is 0 Å². The van der Waals surface area contributed by atoms with Crippen LogP contribution in [0.25, 0.3) is 0 Å². The molecule has 0 aliphatic carbocycles. The van der Waals surface area contributed by atoms with Gasteiger partial charge in [-0.2, -0.15) is 4.31 Å². The number of halogens is 3. The molecular weight excluding hydrogens is 362 g/mol. The van der Waals surface area contributed by atoms with E-state index in [2.05, 4.69) is 5.32 Å². The summed E-state index contributed by atoms with van der Waals surface area (Å²) in [4.78, 5) is 11.8. The Hall–Kier alpha value is -2.03. The van der Waals surface area contributed by atoms with Crippen LogP contribution in [0.3, 0.4) is 0 Å². The van der Waals surface area contributed by atoms with Gasteiger partial charge >= 0.3 is 0 Å². The van der Waals surface area contributed by atoms with Gasteiger partial charge in [-0.1, -0.05) is 11.6 Å². The lowest BCUT2D eigenvalue weighted by Crippen LogP contribution is -2.35. The van der Waals surface area contributed by atoms with Crippen LogP contribution in [0.2, 0.25) is 5.02 Å². The Balaban J connectivity index is 2.07. The SMILES string of the molecule is CN(CC(=O)Nc1ccc(F)c(Cl)c1)S(=O)(=O)c1ccc(F)cc1. The first kappa shape index (κ1) is 18.3. The summed E-state index contributed by atoms with van der Waals surface area (Å²) in [6, 6.07) is 7.84. The molecule has 2 aromatic rings. The Kier molecular flexibility index (Phi) is 5.53. The van der Waals surface area contributed by atoms with Crippen molar-refractivity contribution in [2.24, 2.45) is 0 Å². The third kappa shape index (κ3) is 4.28. The molecule has 0 bridgehead atoms. The van der Waals surface area contributed by atoms with Crippen LogP contribution in [0.1, 0.15) is 0 Å². The molecule has 128 valence electrons. The molecule has 2 aromatic carbocycles. The highest BCUT2D eigenvalue weighted by molar-refractivity contribution is 7.89. The number of benzene rings is 2. The van der Waals surface area contributed by atoms with E-state index in [9.17, 15) is 22.0 Å². The van der Waals surface area contributed by atoms with Crippen molar-refractivity contribution in [2.45, 2.75) is 4.90 Å². The fourth-order valence-electron chi connectivity index (χ4n) is 1.85. The Morgan fingerprint density at radius 3 is 2.38 bits per heavy atom. The number of anilines is 1. The molecular formula is C15H13ClF2N2O3S. The molecule has 2 rings (SSSR count). The molecule has 9 heteroatoms. The van der Waals surface area contributed by atoms with Gasteiger partial charge in [-0.05, 0) is 42.5 Å². The number of amides is 1. The maximum atomic E-state index is 13.1. The van der Waals surface area contributed by atoms with Gasteiger partial charge in [0.25, 0.3) is 0 Å². The van der Waals surface area contributed by atoms with E-state index in [1.807, 2.05) is 0 Å². The molecule has 0 unspecified atom stereocenters. The number of carbonyl (C=O) groups is 1. The van der Waals surface area contributed by atoms with Crippen LogP contribution in [-0.4, -0.2) is 32.2 Å². The van der Waals surface area contributed by atoms with E-state index in [-0.39, 0.29) is 15.6 Å². The average Bonchev–Trinajstić information content (AvgIpc) is 2.51. The monoisotopic (exact) mass is 374 g/mol. The number of nitrogens with zero attached hydrogens (tertiary/aromatic N) is 1. The summed E-state index contributed by atoms with van der Waals surface area (Å²) >= 11 is 5.61. The normalized spacial score (nSPS) is 11.5. The summed E-state index contributed by atoms with van der Waals surface area (Å²) in [6.07, 6.45) is 0. The van der Waals surface area contributed by atoms with Gasteiger partial charge in [0.15, 0.2) is 0 Å². The zero-order valence-corrected chi connectivity index (χ0v) is 14.0. The molecule has 0 radical (unpaired) electrons. The number of hydrogen-bond acceptors (Lipinski definition) is 3. The van der Waals surface area contributed by atoms with Gasteiger partial charge < -0.3 is 5.32 Å². The second kappa shape index (κ2) is 7.25. The maximum Gasteiger partial charge on any atom is 0.243 e. The van der Waals surface area contributed by atoms with Crippen LogP contribution in [0.15, 0.2) is 47.4 Å². The third-order valence-corrected chi connectivity index (χ3v) is 5.20. The van der Waals surface area contributed by atoms with Crippen LogP contribution in [0, 0.1) is 11.6 Å². The minimum atomic E-state index is -3.94. The summed E-state index contributed by atoms with van der Waals surface area (Å²) in [7, 11) is -2.72. The van der Waals surface area contributed by atoms with E-state index in [1.165, 1.54) is 19.2 Å². The lowest BCUT2D eigenvalue weighted by Gasteiger charge is -2.17. The first-order chi connectivity index (χ1) is 11.2. The smallest absolute Gasteiger partial charge is 0.243 e. The van der Waals surface area contributed by atoms with Crippen LogP contribution in [0.4, 0.5) is 14.5 Å². The fourth-order valence-corrected chi connectivity index (χ4v) is 3.16. The fraction of sp³-hybridized carbons (Fsp3) is 0.133. The van der Waals surface area contributed by atoms with E-state index < -0.39 is 34.1 Å². The van der Waals surface area contributed by atoms with Crippen molar-refractivity contribution in [1.29, 1.82) is 0 Å². The summed E-state index contributed by atoms with van der Waals surface area (Å²) in [5, 5.41) is 2.25. The van der Waals surface area contributed by atoms with E-state index in [1.54, 1.807) is 0 Å². The Bertz CT molecular complexity index is 858. The Labute approximate surface area is 142 Å². The highest BCUT2D eigenvalue weighted by Crippen LogP contribution is 2.19. The summed E-state index contributed by atoms with van der Waals surface area (Å²) in [5.41, 5.74) is 0.235. The first-order valence-electron chi connectivity index (χ1n) is 6.67. The largest absolute Gasteiger partial charge is 0.325 e. The number of likely N-dealkylation sites (N-methyl/N-ethyl adjacent to an activating group) is 1. The van der Waals surface area contributed by atoms with Crippen molar-refractivity contribution in [2.75, 3.05) is 18.9 Å². The van der Waals surface area contributed by atoms with Gasteiger partial charge in [-0.25, -0.2) is 17.2 Å². The number of nitrogens with one attached hydrogen (secondary N) is 1. The number of rotatable bonds is 5. The molecule has 0 saturated heterocycles. The first-order valence-corrected chi connectivity index (χ1v) is 8.49. The van der Waals surface area contributed by atoms with Gasteiger partial charge in [0.2, 0.25) is 15.9 Å². The van der Waals surface area contributed by atoms with Gasteiger partial charge in [-0.3, -0.25) is 4.79 Å². The molecule has 0 aliphatic heterocycles. The van der Waals surface area contributed by atoms with Crippen LogP contribution in [-0.2, 0) is 14.8 Å². The Morgan fingerprint density at radius 2 is 1.79 bits per heavy atom. The highest BCUT2D eigenvalue weighted by atomic mass is 35.5. The maximum absolute atomic E-state index is 13.1. The predicted octanol–water partition coefficient (Wildman–Crippen LogP) is 2.88. The summed E-state index contributed by atoms with van der Waals surface area (Å²) < 4.78 is 51.3. The quantitative estimate of drug-likeness (QED) is 0.875. The third-order valence-electron chi connectivity index (χ3n) is 3.09. The van der Waals surface area contributed by atoms with Crippen LogP contribution >= 0.6 is 11.6 Å². The molecule has 0 spiro atoms. The van der Waals surface area contributed by atoms with Gasteiger partial charge in [0, 0.05) is 12.7 Å². The molecule has 0 atom stereocenters. The number of sulfonamides is 1. The number of carbonyl (C=O) groups excluding carboxylic acids is 1.